The minimum Gasteiger partial charge on any atom is -0.443 e. The number of amides is 2. The number of imide groups is 1. The normalized spacial score (nSPS) is 15.7. The Kier molecular flexibility index (Phi) is 9.82. The highest BCUT2D eigenvalue weighted by molar-refractivity contribution is 6.26. The van der Waals surface area contributed by atoms with Crippen molar-refractivity contribution < 1.29 is 28.2 Å². The number of fused-ring (bicyclic) bond motifs is 1. The first-order valence-corrected chi connectivity index (χ1v) is 11.6. The molecule has 178 valence electrons. The average Bonchev–Trinajstić information content (AvgIpc) is 2.99. The lowest BCUT2D eigenvalue weighted by molar-refractivity contribution is -0.131. The highest BCUT2D eigenvalue weighted by atomic mass is 19.1. The summed E-state index contributed by atoms with van der Waals surface area (Å²) in [5, 5.41) is 0. The predicted octanol–water partition coefficient (Wildman–Crippen LogP) is 5.92. The van der Waals surface area contributed by atoms with E-state index in [1.165, 1.54) is 38.2 Å². The highest BCUT2D eigenvalue weighted by Crippen LogP contribution is 2.39. The van der Waals surface area contributed by atoms with Crippen LogP contribution in [-0.2, 0) is 19.1 Å². The van der Waals surface area contributed by atoms with Gasteiger partial charge in [0.2, 0.25) is 0 Å². The summed E-state index contributed by atoms with van der Waals surface area (Å²) in [4.78, 5) is 39.1. The van der Waals surface area contributed by atoms with Crippen molar-refractivity contribution in [2.75, 3.05) is 18.1 Å². The molecule has 0 aliphatic carbocycles. The summed E-state index contributed by atoms with van der Waals surface area (Å²) in [6, 6.07) is 3.59. The van der Waals surface area contributed by atoms with E-state index in [1.54, 1.807) is 20.8 Å². The number of rotatable bonds is 12. The van der Waals surface area contributed by atoms with Crippen LogP contribution in [-0.4, -0.2) is 36.6 Å². The van der Waals surface area contributed by atoms with Gasteiger partial charge in [-0.3, -0.25) is 9.59 Å². The summed E-state index contributed by atoms with van der Waals surface area (Å²) >= 11 is 0. The van der Waals surface area contributed by atoms with Crippen molar-refractivity contribution in [3.05, 3.63) is 29.6 Å². The lowest BCUT2D eigenvalue weighted by atomic mass is 9.96. The van der Waals surface area contributed by atoms with Gasteiger partial charge in [-0.2, -0.15) is 0 Å². The number of ether oxygens (including phenoxy) is 2. The summed E-state index contributed by atoms with van der Waals surface area (Å²) in [5.74, 6) is -3.08. The summed E-state index contributed by atoms with van der Waals surface area (Å²) in [7, 11) is 0. The van der Waals surface area contributed by atoms with Crippen LogP contribution in [0.25, 0.3) is 0 Å². The SMILES string of the molecule is CCCCCCCCCCOCC(=O)C1C(=O)N(C(=O)OC(C)(C)C)c2ccc(F)cc21. The molecule has 7 heteroatoms. The molecule has 2 rings (SSSR count). The fourth-order valence-electron chi connectivity index (χ4n) is 3.74. The molecule has 6 nitrogen and oxygen atoms in total. The number of carbonyl (C=O) groups excluding carboxylic acids is 3. The summed E-state index contributed by atoms with van der Waals surface area (Å²) < 4.78 is 24.7. The maximum Gasteiger partial charge on any atom is 0.421 e. The molecular formula is C25H36FNO5. The van der Waals surface area contributed by atoms with Gasteiger partial charge in [0.25, 0.3) is 5.91 Å². The molecule has 2 amide bonds. The quantitative estimate of drug-likeness (QED) is 0.293. The molecule has 1 aliphatic rings. The summed E-state index contributed by atoms with van der Waals surface area (Å²) in [6.07, 6.45) is 8.38. The number of hydrogen-bond donors (Lipinski definition) is 0. The zero-order chi connectivity index (χ0) is 23.7. The fourth-order valence-corrected chi connectivity index (χ4v) is 3.74. The van der Waals surface area contributed by atoms with Gasteiger partial charge < -0.3 is 9.47 Å². The van der Waals surface area contributed by atoms with E-state index in [0.29, 0.717) is 6.61 Å². The van der Waals surface area contributed by atoms with E-state index in [1.807, 2.05) is 0 Å². The van der Waals surface area contributed by atoms with Crippen LogP contribution in [0.1, 0.15) is 90.5 Å². The van der Waals surface area contributed by atoms with Gasteiger partial charge in [0.05, 0.1) is 5.69 Å². The standard InChI is InChI=1S/C25H36FNO5/c1-5-6-7-8-9-10-11-12-15-31-17-21(28)22-19-16-18(26)13-14-20(19)27(23(22)29)24(30)32-25(2,3)4/h13-14,16,22H,5-12,15,17H2,1-4H3. The Labute approximate surface area is 190 Å². The molecule has 1 aliphatic heterocycles. The van der Waals surface area contributed by atoms with Crippen molar-refractivity contribution in [2.24, 2.45) is 0 Å². The molecule has 32 heavy (non-hydrogen) atoms. The third-order valence-corrected chi connectivity index (χ3v) is 5.29. The van der Waals surface area contributed by atoms with Crippen molar-refractivity contribution in [3.63, 3.8) is 0 Å². The van der Waals surface area contributed by atoms with Crippen LogP contribution in [0.5, 0.6) is 0 Å². The number of anilines is 1. The maximum atomic E-state index is 13.9. The van der Waals surface area contributed by atoms with Crippen LogP contribution in [0, 0.1) is 5.82 Å². The lowest BCUT2D eigenvalue weighted by Gasteiger charge is -2.24. The molecule has 0 radical (unpaired) electrons. The fraction of sp³-hybridized carbons (Fsp3) is 0.640. The first kappa shape index (κ1) is 26.0. The van der Waals surface area contributed by atoms with Gasteiger partial charge in [-0.25, -0.2) is 14.1 Å². The molecule has 0 bridgehead atoms. The van der Waals surface area contributed by atoms with E-state index in [9.17, 15) is 18.8 Å². The smallest absolute Gasteiger partial charge is 0.421 e. The number of carbonyl (C=O) groups is 3. The van der Waals surface area contributed by atoms with Crippen LogP contribution in [0.3, 0.4) is 0 Å². The van der Waals surface area contributed by atoms with E-state index in [2.05, 4.69) is 6.92 Å². The Morgan fingerprint density at radius 1 is 1.03 bits per heavy atom. The third kappa shape index (κ3) is 7.40. The molecule has 0 spiro atoms. The molecule has 0 aromatic heterocycles. The molecule has 0 saturated carbocycles. The first-order chi connectivity index (χ1) is 15.2. The predicted molar refractivity (Wildman–Crippen MR) is 121 cm³/mol. The van der Waals surface area contributed by atoms with E-state index >= 15 is 0 Å². The Hall–Kier alpha value is -2.28. The molecular weight excluding hydrogens is 413 g/mol. The van der Waals surface area contributed by atoms with E-state index < -0.39 is 35.1 Å². The van der Waals surface area contributed by atoms with Crippen LogP contribution in [0.4, 0.5) is 14.9 Å². The van der Waals surface area contributed by atoms with Gasteiger partial charge in [-0.1, -0.05) is 51.9 Å². The Morgan fingerprint density at radius 2 is 1.66 bits per heavy atom. The second-order valence-electron chi connectivity index (χ2n) is 9.28. The van der Waals surface area contributed by atoms with Crippen molar-refractivity contribution in [1.29, 1.82) is 0 Å². The van der Waals surface area contributed by atoms with Crippen LogP contribution >= 0.6 is 0 Å². The highest BCUT2D eigenvalue weighted by Gasteiger charge is 2.46. The number of hydrogen-bond acceptors (Lipinski definition) is 5. The molecule has 1 heterocycles. The number of unbranched alkanes of at least 4 members (excludes halogenated alkanes) is 7. The van der Waals surface area contributed by atoms with Crippen LogP contribution in [0.2, 0.25) is 0 Å². The van der Waals surface area contributed by atoms with Crippen LogP contribution < -0.4 is 4.90 Å². The van der Waals surface area contributed by atoms with Gasteiger partial charge in [0.1, 0.15) is 23.9 Å². The molecule has 0 saturated heterocycles. The van der Waals surface area contributed by atoms with E-state index in [-0.39, 0.29) is 17.9 Å². The maximum absolute atomic E-state index is 13.9. The van der Waals surface area contributed by atoms with Crippen molar-refractivity contribution in [3.8, 4) is 0 Å². The number of ketones is 1. The topological polar surface area (TPSA) is 72.9 Å². The molecule has 0 fully saturated rings. The van der Waals surface area contributed by atoms with Gasteiger partial charge in [0, 0.05) is 6.61 Å². The Bertz CT molecular complexity index is 802. The number of nitrogens with zero attached hydrogens (tertiary/aromatic N) is 1. The van der Waals surface area contributed by atoms with Gasteiger partial charge in [-0.15, -0.1) is 0 Å². The molecule has 1 unspecified atom stereocenters. The zero-order valence-electron chi connectivity index (χ0n) is 19.7. The van der Waals surface area contributed by atoms with Crippen molar-refractivity contribution >= 4 is 23.5 Å². The van der Waals surface area contributed by atoms with Crippen molar-refractivity contribution in [1.82, 2.24) is 0 Å². The van der Waals surface area contributed by atoms with Gasteiger partial charge >= 0.3 is 6.09 Å². The van der Waals surface area contributed by atoms with Crippen molar-refractivity contribution in [2.45, 2.75) is 90.6 Å². The molecule has 0 N–H and O–H groups in total. The minimum atomic E-state index is -1.27. The monoisotopic (exact) mass is 449 g/mol. The number of Topliss-reactive ketones (excluding diaryl/α,β-unsaturated/α-hetero) is 1. The largest absolute Gasteiger partial charge is 0.443 e. The molecule has 1 atom stereocenters. The number of halogens is 1. The first-order valence-electron chi connectivity index (χ1n) is 11.6. The Morgan fingerprint density at radius 3 is 2.28 bits per heavy atom. The summed E-state index contributed by atoms with van der Waals surface area (Å²) in [5.41, 5.74) is -0.479. The number of benzene rings is 1. The van der Waals surface area contributed by atoms with Gasteiger partial charge in [-0.05, 0) is 51.0 Å². The molecule has 1 aromatic carbocycles. The zero-order valence-corrected chi connectivity index (χ0v) is 19.7. The van der Waals surface area contributed by atoms with Gasteiger partial charge in [0.15, 0.2) is 5.78 Å². The van der Waals surface area contributed by atoms with Crippen LogP contribution in [0.15, 0.2) is 18.2 Å². The summed E-state index contributed by atoms with van der Waals surface area (Å²) in [6.45, 7) is 7.40. The van der Waals surface area contributed by atoms with E-state index in [0.717, 1.165) is 36.3 Å². The average molecular weight is 450 g/mol. The third-order valence-electron chi connectivity index (χ3n) is 5.29. The lowest BCUT2D eigenvalue weighted by Crippen LogP contribution is -2.41. The van der Waals surface area contributed by atoms with E-state index in [4.69, 9.17) is 9.47 Å². The molecule has 1 aromatic rings. The second-order valence-corrected chi connectivity index (χ2v) is 9.28. The minimum absolute atomic E-state index is 0.168. The second kappa shape index (κ2) is 12.1. The Balaban J connectivity index is 1.90.